The molecule has 0 saturated heterocycles. The summed E-state index contributed by atoms with van der Waals surface area (Å²) in [6, 6.07) is 12.0. The SMILES string of the molecule is CN(c1ccccc1)c1cc(C(=O)NC2CCCCC2)ncn1. The Labute approximate surface area is 136 Å². The number of carbonyl (C=O) groups excluding carboxylic acids is 1. The highest BCUT2D eigenvalue weighted by Crippen LogP contribution is 2.21. The predicted octanol–water partition coefficient (Wildman–Crippen LogP) is 3.31. The van der Waals surface area contributed by atoms with Crippen molar-refractivity contribution in [1.29, 1.82) is 0 Å². The van der Waals surface area contributed by atoms with Gasteiger partial charge in [0.15, 0.2) is 0 Å². The second kappa shape index (κ2) is 7.22. The van der Waals surface area contributed by atoms with Gasteiger partial charge in [-0.05, 0) is 25.0 Å². The zero-order valence-electron chi connectivity index (χ0n) is 13.4. The molecule has 120 valence electrons. The molecule has 1 aromatic carbocycles. The van der Waals surface area contributed by atoms with E-state index in [4.69, 9.17) is 0 Å². The van der Waals surface area contributed by atoms with Crippen LogP contribution in [0.3, 0.4) is 0 Å². The van der Waals surface area contributed by atoms with E-state index in [9.17, 15) is 4.79 Å². The summed E-state index contributed by atoms with van der Waals surface area (Å²) in [6.07, 6.45) is 7.23. The first-order chi connectivity index (χ1) is 11.2. The van der Waals surface area contributed by atoms with E-state index in [1.54, 1.807) is 6.07 Å². The Balaban J connectivity index is 1.72. The number of aromatic nitrogens is 2. The van der Waals surface area contributed by atoms with E-state index in [0.717, 1.165) is 18.5 Å². The van der Waals surface area contributed by atoms with Gasteiger partial charge in [-0.3, -0.25) is 4.79 Å². The summed E-state index contributed by atoms with van der Waals surface area (Å²) in [5.74, 6) is 0.599. The monoisotopic (exact) mass is 310 g/mol. The van der Waals surface area contributed by atoms with Gasteiger partial charge in [-0.1, -0.05) is 37.5 Å². The molecule has 0 unspecified atom stereocenters. The molecule has 1 N–H and O–H groups in total. The fourth-order valence-electron chi connectivity index (χ4n) is 2.94. The van der Waals surface area contributed by atoms with Crippen LogP contribution in [0.4, 0.5) is 11.5 Å². The molecule has 5 nitrogen and oxygen atoms in total. The van der Waals surface area contributed by atoms with E-state index in [-0.39, 0.29) is 11.9 Å². The predicted molar refractivity (Wildman–Crippen MR) is 90.9 cm³/mol. The minimum atomic E-state index is -0.109. The van der Waals surface area contributed by atoms with E-state index < -0.39 is 0 Å². The Morgan fingerprint density at radius 3 is 2.61 bits per heavy atom. The highest BCUT2D eigenvalue weighted by molar-refractivity contribution is 5.93. The number of carbonyl (C=O) groups is 1. The van der Waals surface area contributed by atoms with Crippen LogP contribution in [0.1, 0.15) is 42.6 Å². The third kappa shape index (κ3) is 3.86. The summed E-state index contributed by atoms with van der Waals surface area (Å²) in [4.78, 5) is 22.8. The molecule has 1 aliphatic rings. The third-order valence-corrected chi connectivity index (χ3v) is 4.31. The van der Waals surface area contributed by atoms with E-state index in [1.807, 2.05) is 42.3 Å². The van der Waals surface area contributed by atoms with Gasteiger partial charge in [0.2, 0.25) is 0 Å². The number of anilines is 2. The molecule has 1 saturated carbocycles. The average molecular weight is 310 g/mol. The zero-order valence-corrected chi connectivity index (χ0v) is 13.4. The van der Waals surface area contributed by atoms with Crippen molar-refractivity contribution in [2.75, 3.05) is 11.9 Å². The van der Waals surface area contributed by atoms with Gasteiger partial charge < -0.3 is 10.2 Å². The molecular formula is C18H22N4O. The highest BCUT2D eigenvalue weighted by atomic mass is 16.1. The number of amides is 1. The van der Waals surface area contributed by atoms with Gasteiger partial charge in [-0.2, -0.15) is 0 Å². The molecule has 0 spiro atoms. The number of nitrogens with one attached hydrogen (secondary N) is 1. The first-order valence-corrected chi connectivity index (χ1v) is 8.16. The normalized spacial score (nSPS) is 15.2. The third-order valence-electron chi connectivity index (χ3n) is 4.31. The summed E-state index contributed by atoms with van der Waals surface area (Å²) in [7, 11) is 1.93. The molecule has 1 fully saturated rings. The summed E-state index contributed by atoms with van der Waals surface area (Å²) in [5.41, 5.74) is 1.44. The largest absolute Gasteiger partial charge is 0.348 e. The van der Waals surface area contributed by atoms with Crippen LogP contribution in [0.15, 0.2) is 42.7 Å². The maximum absolute atomic E-state index is 12.4. The lowest BCUT2D eigenvalue weighted by molar-refractivity contribution is 0.0922. The Morgan fingerprint density at radius 1 is 1.13 bits per heavy atom. The lowest BCUT2D eigenvalue weighted by Crippen LogP contribution is -2.36. The molecule has 5 heteroatoms. The van der Waals surface area contributed by atoms with Gasteiger partial charge in [0.1, 0.15) is 17.8 Å². The molecule has 1 aromatic heterocycles. The number of para-hydroxylation sites is 1. The van der Waals surface area contributed by atoms with Crippen molar-refractivity contribution in [2.45, 2.75) is 38.1 Å². The number of hydrogen-bond donors (Lipinski definition) is 1. The molecule has 0 bridgehead atoms. The molecule has 2 aromatic rings. The molecule has 0 aliphatic heterocycles. The molecule has 0 atom stereocenters. The molecular weight excluding hydrogens is 288 g/mol. The second-order valence-electron chi connectivity index (χ2n) is 5.96. The molecule has 1 aliphatic carbocycles. The molecule has 1 heterocycles. The topological polar surface area (TPSA) is 58.1 Å². The molecule has 0 radical (unpaired) electrons. The van der Waals surface area contributed by atoms with Gasteiger partial charge in [0.25, 0.3) is 5.91 Å². The van der Waals surface area contributed by atoms with Gasteiger partial charge in [-0.15, -0.1) is 0 Å². The van der Waals surface area contributed by atoms with Crippen molar-refractivity contribution < 1.29 is 4.79 Å². The number of nitrogens with zero attached hydrogens (tertiary/aromatic N) is 3. The first-order valence-electron chi connectivity index (χ1n) is 8.16. The van der Waals surface area contributed by atoms with Crippen LogP contribution in [-0.2, 0) is 0 Å². The summed E-state index contributed by atoms with van der Waals surface area (Å²) >= 11 is 0. The quantitative estimate of drug-likeness (QED) is 0.941. The molecule has 3 rings (SSSR count). The van der Waals surface area contributed by atoms with E-state index in [0.29, 0.717) is 11.5 Å². The molecule has 1 amide bonds. The fourth-order valence-corrected chi connectivity index (χ4v) is 2.94. The number of rotatable bonds is 4. The second-order valence-corrected chi connectivity index (χ2v) is 5.96. The average Bonchev–Trinajstić information content (AvgIpc) is 2.63. The van der Waals surface area contributed by atoms with Crippen LogP contribution in [0.5, 0.6) is 0 Å². The van der Waals surface area contributed by atoms with Crippen molar-refractivity contribution in [3.8, 4) is 0 Å². The summed E-state index contributed by atoms with van der Waals surface area (Å²) in [6.45, 7) is 0. The van der Waals surface area contributed by atoms with E-state index in [1.165, 1.54) is 25.6 Å². The number of hydrogen-bond acceptors (Lipinski definition) is 4. The van der Waals surface area contributed by atoms with Crippen LogP contribution in [0.2, 0.25) is 0 Å². The van der Waals surface area contributed by atoms with Crippen molar-refractivity contribution in [3.63, 3.8) is 0 Å². The maximum Gasteiger partial charge on any atom is 0.270 e. The van der Waals surface area contributed by atoms with Crippen LogP contribution in [0.25, 0.3) is 0 Å². The lowest BCUT2D eigenvalue weighted by Gasteiger charge is -2.23. The van der Waals surface area contributed by atoms with Crippen LogP contribution < -0.4 is 10.2 Å². The van der Waals surface area contributed by atoms with Crippen molar-refractivity contribution in [3.05, 3.63) is 48.4 Å². The smallest absolute Gasteiger partial charge is 0.270 e. The van der Waals surface area contributed by atoms with E-state index >= 15 is 0 Å². The van der Waals surface area contributed by atoms with Crippen molar-refractivity contribution in [2.24, 2.45) is 0 Å². The first kappa shape index (κ1) is 15.5. The summed E-state index contributed by atoms with van der Waals surface area (Å²) < 4.78 is 0. The van der Waals surface area contributed by atoms with E-state index in [2.05, 4.69) is 15.3 Å². The minimum Gasteiger partial charge on any atom is -0.348 e. The zero-order chi connectivity index (χ0) is 16.1. The minimum absolute atomic E-state index is 0.109. The molecule has 23 heavy (non-hydrogen) atoms. The Bertz CT molecular complexity index is 653. The Kier molecular flexibility index (Phi) is 4.86. The summed E-state index contributed by atoms with van der Waals surface area (Å²) in [5, 5.41) is 3.09. The fraction of sp³-hybridized carbons (Fsp3) is 0.389. The van der Waals surface area contributed by atoms with Gasteiger partial charge >= 0.3 is 0 Å². The highest BCUT2D eigenvalue weighted by Gasteiger charge is 2.18. The maximum atomic E-state index is 12.4. The van der Waals surface area contributed by atoms with Crippen LogP contribution >= 0.6 is 0 Å². The standard InChI is InChI=1S/C18H22N4O/c1-22(15-10-6-3-7-11-15)17-12-16(19-13-20-17)18(23)21-14-8-4-2-5-9-14/h3,6-7,10-14H,2,4-5,8-9H2,1H3,(H,21,23). The van der Waals surface area contributed by atoms with Gasteiger partial charge in [-0.25, -0.2) is 9.97 Å². The number of benzene rings is 1. The van der Waals surface area contributed by atoms with Crippen LogP contribution in [0, 0.1) is 0 Å². The van der Waals surface area contributed by atoms with Gasteiger partial charge in [0, 0.05) is 24.8 Å². The Hall–Kier alpha value is -2.43. The Morgan fingerprint density at radius 2 is 1.87 bits per heavy atom. The van der Waals surface area contributed by atoms with Crippen molar-refractivity contribution >= 4 is 17.4 Å². The lowest BCUT2D eigenvalue weighted by atomic mass is 9.95. The van der Waals surface area contributed by atoms with Crippen molar-refractivity contribution in [1.82, 2.24) is 15.3 Å². The van der Waals surface area contributed by atoms with Gasteiger partial charge in [0.05, 0.1) is 0 Å². The van der Waals surface area contributed by atoms with Crippen LogP contribution in [-0.4, -0.2) is 29.0 Å².